The molecule has 4 heterocycles. The molecule has 2 aliphatic rings. The van der Waals surface area contributed by atoms with Crippen molar-refractivity contribution in [1.82, 2.24) is 19.8 Å². The third kappa shape index (κ3) is 3.74. The van der Waals surface area contributed by atoms with Crippen LogP contribution in [-0.4, -0.2) is 60.3 Å². The summed E-state index contributed by atoms with van der Waals surface area (Å²) in [5.74, 6) is 0.754. The number of piperidine rings is 1. The molecule has 1 N–H and O–H groups in total. The van der Waals surface area contributed by atoms with Crippen molar-refractivity contribution in [3.8, 4) is 0 Å². The van der Waals surface area contributed by atoms with Crippen LogP contribution in [0.15, 0.2) is 18.3 Å². The fourth-order valence-electron chi connectivity index (χ4n) is 4.55. The van der Waals surface area contributed by atoms with Crippen LogP contribution in [0.1, 0.15) is 31.4 Å². The van der Waals surface area contributed by atoms with Crippen molar-refractivity contribution in [2.45, 2.75) is 32.6 Å². The molecule has 0 aliphatic carbocycles. The first-order chi connectivity index (χ1) is 12.7. The Bertz CT molecular complexity index is 731. The molecule has 0 bridgehead atoms. The minimum absolute atomic E-state index is 0.754. The summed E-state index contributed by atoms with van der Waals surface area (Å²) in [6.07, 6.45) is 7.44. The zero-order valence-corrected chi connectivity index (χ0v) is 16.4. The second-order valence-corrected chi connectivity index (χ2v) is 8.12. The summed E-state index contributed by atoms with van der Waals surface area (Å²) in [6, 6.07) is 4.47. The van der Waals surface area contributed by atoms with Crippen molar-refractivity contribution >= 4 is 16.7 Å². The highest BCUT2D eigenvalue weighted by molar-refractivity contribution is 5.91. The summed E-state index contributed by atoms with van der Waals surface area (Å²) < 4.78 is 2.19. The summed E-state index contributed by atoms with van der Waals surface area (Å²) in [7, 11) is 2.10. The number of likely N-dealkylation sites (tertiary alicyclic amines) is 1. The van der Waals surface area contributed by atoms with Gasteiger partial charge in [-0.3, -0.25) is 0 Å². The average molecular weight is 356 g/mol. The van der Waals surface area contributed by atoms with E-state index in [4.69, 9.17) is 0 Å². The molecular weight excluding hydrogens is 322 g/mol. The maximum atomic E-state index is 4.58. The molecule has 2 saturated heterocycles. The highest BCUT2D eigenvalue weighted by Crippen LogP contribution is 2.31. The van der Waals surface area contributed by atoms with Gasteiger partial charge in [-0.2, -0.15) is 0 Å². The van der Waals surface area contributed by atoms with E-state index in [-0.39, 0.29) is 0 Å². The van der Waals surface area contributed by atoms with E-state index in [1.165, 1.54) is 62.1 Å². The minimum atomic E-state index is 0.754. The average Bonchev–Trinajstić information content (AvgIpc) is 3.25. The number of hydrogen-bond donors (Lipinski definition) is 1. The molecule has 5 nitrogen and oxygen atoms in total. The molecule has 2 aliphatic heterocycles. The quantitative estimate of drug-likeness (QED) is 0.809. The molecule has 4 rings (SSSR count). The van der Waals surface area contributed by atoms with Gasteiger partial charge in [0.2, 0.25) is 0 Å². The van der Waals surface area contributed by atoms with Crippen LogP contribution in [0.25, 0.3) is 11.0 Å². The fraction of sp³-hybridized carbons (Fsp3) is 0.667. The van der Waals surface area contributed by atoms with Crippen molar-refractivity contribution in [2.75, 3.05) is 50.7 Å². The van der Waals surface area contributed by atoms with E-state index >= 15 is 0 Å². The zero-order valence-electron chi connectivity index (χ0n) is 16.4. The maximum Gasteiger partial charge on any atom is 0.141 e. The Labute approximate surface area is 157 Å². The van der Waals surface area contributed by atoms with Gasteiger partial charge in [-0.1, -0.05) is 6.42 Å². The smallest absolute Gasteiger partial charge is 0.141 e. The molecule has 0 spiro atoms. The van der Waals surface area contributed by atoms with Crippen molar-refractivity contribution in [2.24, 2.45) is 13.0 Å². The van der Waals surface area contributed by atoms with Crippen LogP contribution in [0, 0.1) is 12.8 Å². The molecule has 1 unspecified atom stereocenters. The molecule has 2 aromatic heterocycles. The lowest BCUT2D eigenvalue weighted by Crippen LogP contribution is -2.37. The fourth-order valence-corrected chi connectivity index (χ4v) is 4.55. The van der Waals surface area contributed by atoms with E-state index < -0.39 is 0 Å². The molecule has 0 aromatic carbocycles. The monoisotopic (exact) mass is 355 g/mol. The normalized spacial score (nSPS) is 21.8. The van der Waals surface area contributed by atoms with Crippen molar-refractivity contribution in [3.05, 3.63) is 24.0 Å². The first-order valence-electron chi connectivity index (χ1n) is 10.3. The highest BCUT2D eigenvalue weighted by atomic mass is 15.2. The lowest BCUT2D eigenvalue weighted by Gasteiger charge is -2.26. The van der Waals surface area contributed by atoms with E-state index in [1.54, 1.807) is 0 Å². The van der Waals surface area contributed by atoms with Gasteiger partial charge in [0.15, 0.2) is 0 Å². The van der Waals surface area contributed by atoms with Crippen LogP contribution in [0.2, 0.25) is 0 Å². The first-order valence-corrected chi connectivity index (χ1v) is 10.3. The number of fused-ring (bicyclic) bond motifs is 1. The van der Waals surface area contributed by atoms with E-state index in [0.717, 1.165) is 37.7 Å². The summed E-state index contributed by atoms with van der Waals surface area (Å²) in [5.41, 5.74) is 3.73. The van der Waals surface area contributed by atoms with Gasteiger partial charge in [-0.25, -0.2) is 4.98 Å². The van der Waals surface area contributed by atoms with Crippen molar-refractivity contribution in [3.63, 3.8) is 0 Å². The predicted molar refractivity (Wildman–Crippen MR) is 109 cm³/mol. The number of hydrogen-bond acceptors (Lipinski definition) is 4. The van der Waals surface area contributed by atoms with E-state index in [0.29, 0.717) is 0 Å². The maximum absolute atomic E-state index is 4.58. The Morgan fingerprint density at radius 2 is 2.04 bits per heavy atom. The Morgan fingerprint density at radius 3 is 2.88 bits per heavy atom. The lowest BCUT2D eigenvalue weighted by molar-refractivity contribution is 0.228. The van der Waals surface area contributed by atoms with Crippen molar-refractivity contribution in [1.29, 1.82) is 0 Å². The number of aromatic nitrogens is 2. The molecule has 2 aromatic rings. The summed E-state index contributed by atoms with van der Waals surface area (Å²) in [6.45, 7) is 10.6. The van der Waals surface area contributed by atoms with Gasteiger partial charge in [-0.15, -0.1) is 0 Å². The van der Waals surface area contributed by atoms with Crippen LogP contribution in [-0.2, 0) is 7.05 Å². The van der Waals surface area contributed by atoms with Gasteiger partial charge in [0.1, 0.15) is 5.65 Å². The topological polar surface area (TPSA) is 36.3 Å². The van der Waals surface area contributed by atoms with Gasteiger partial charge in [0.05, 0.1) is 0 Å². The second-order valence-electron chi connectivity index (χ2n) is 8.12. The van der Waals surface area contributed by atoms with Gasteiger partial charge >= 0.3 is 0 Å². The molecule has 0 radical (unpaired) electrons. The van der Waals surface area contributed by atoms with Gasteiger partial charge in [-0.05, 0) is 63.9 Å². The number of nitrogens with zero attached hydrogens (tertiary/aromatic N) is 4. The number of anilines is 1. The first kappa shape index (κ1) is 17.8. The Balaban J connectivity index is 1.29. The van der Waals surface area contributed by atoms with Crippen LogP contribution in [0.5, 0.6) is 0 Å². The Kier molecular flexibility index (Phi) is 5.46. The Hall–Kier alpha value is -1.59. The summed E-state index contributed by atoms with van der Waals surface area (Å²) in [4.78, 5) is 9.75. The molecule has 1 atom stereocenters. The van der Waals surface area contributed by atoms with Gasteiger partial charge in [0, 0.05) is 56.2 Å². The molecular formula is C21H33N5. The highest BCUT2D eigenvalue weighted by Gasteiger charge is 2.24. The standard InChI is InChI=1S/C21H33N5/c1-17-14-19-20(6-8-23-21(19)24(17)2)26-12-7-18(16-26)15-22-9-13-25-10-4-3-5-11-25/h6,8,14,18,22H,3-5,7,9-13,15-16H2,1-2H3. The summed E-state index contributed by atoms with van der Waals surface area (Å²) in [5, 5.41) is 5.01. The molecule has 142 valence electrons. The van der Waals surface area contributed by atoms with Crippen LogP contribution in [0.4, 0.5) is 5.69 Å². The molecule has 0 saturated carbocycles. The molecule has 2 fully saturated rings. The minimum Gasteiger partial charge on any atom is -0.371 e. The number of rotatable bonds is 6. The summed E-state index contributed by atoms with van der Waals surface area (Å²) >= 11 is 0. The SMILES string of the molecule is Cc1cc2c(N3CCC(CNCCN4CCCCC4)C3)ccnc2n1C. The van der Waals surface area contributed by atoms with E-state index in [1.807, 2.05) is 6.20 Å². The lowest BCUT2D eigenvalue weighted by atomic mass is 10.1. The van der Waals surface area contributed by atoms with Crippen LogP contribution >= 0.6 is 0 Å². The van der Waals surface area contributed by atoms with Gasteiger partial charge < -0.3 is 19.7 Å². The zero-order chi connectivity index (χ0) is 17.9. The predicted octanol–water partition coefficient (Wildman–Crippen LogP) is 2.78. The van der Waals surface area contributed by atoms with Gasteiger partial charge in [0.25, 0.3) is 0 Å². The van der Waals surface area contributed by atoms with E-state index in [2.05, 4.69) is 50.8 Å². The third-order valence-corrected chi connectivity index (χ3v) is 6.26. The largest absolute Gasteiger partial charge is 0.371 e. The van der Waals surface area contributed by atoms with Crippen molar-refractivity contribution < 1.29 is 0 Å². The number of nitrogens with one attached hydrogen (secondary N) is 1. The van der Waals surface area contributed by atoms with E-state index in [9.17, 15) is 0 Å². The van der Waals surface area contributed by atoms with Crippen LogP contribution < -0.4 is 10.2 Å². The second kappa shape index (κ2) is 7.97. The molecule has 26 heavy (non-hydrogen) atoms. The number of pyridine rings is 1. The molecule has 0 amide bonds. The molecule has 5 heteroatoms. The Morgan fingerprint density at radius 1 is 1.19 bits per heavy atom. The third-order valence-electron chi connectivity index (χ3n) is 6.26. The number of aryl methyl sites for hydroxylation is 2. The van der Waals surface area contributed by atoms with Crippen LogP contribution in [0.3, 0.4) is 0 Å².